The van der Waals surface area contributed by atoms with Crippen LogP contribution in [-0.4, -0.2) is 14.7 Å². The Bertz CT molecular complexity index is 520. The van der Waals surface area contributed by atoms with Crippen LogP contribution in [-0.2, 0) is 13.1 Å². The topological polar surface area (TPSA) is 50.1 Å². The molecule has 4 nitrogen and oxygen atoms in total. The van der Waals surface area contributed by atoms with Crippen LogP contribution in [0.5, 0.6) is 5.75 Å². The molecule has 0 saturated heterocycles. The molecule has 0 saturated carbocycles. The average Bonchev–Trinajstić information content (AvgIpc) is 2.76. The zero-order chi connectivity index (χ0) is 13.0. The maximum atomic E-state index is 9.36. The third kappa shape index (κ3) is 2.83. The summed E-state index contributed by atoms with van der Waals surface area (Å²) in [4.78, 5) is 4.17. The summed E-state index contributed by atoms with van der Waals surface area (Å²) in [6, 6.07) is 5.34. The summed E-state index contributed by atoms with van der Waals surface area (Å²) in [5.74, 6) is 0.300. The Morgan fingerprint density at radius 2 is 2.22 bits per heavy atom. The largest absolute Gasteiger partial charge is 0.508 e. The minimum Gasteiger partial charge on any atom is -0.508 e. The Morgan fingerprint density at radius 3 is 2.94 bits per heavy atom. The first-order valence-electron chi connectivity index (χ1n) is 6.23. The van der Waals surface area contributed by atoms with E-state index in [2.05, 4.69) is 21.8 Å². The number of aryl methyl sites for hydroxylation is 2. The van der Waals surface area contributed by atoms with Crippen molar-refractivity contribution in [3.05, 3.63) is 42.0 Å². The van der Waals surface area contributed by atoms with Gasteiger partial charge in [0.1, 0.15) is 5.75 Å². The number of nitrogens with one attached hydrogen (secondary N) is 1. The number of rotatable bonds is 5. The molecule has 4 heteroatoms. The zero-order valence-electron chi connectivity index (χ0n) is 10.8. The smallest absolute Gasteiger partial charge is 0.115 e. The number of anilines is 1. The van der Waals surface area contributed by atoms with Gasteiger partial charge in [0.15, 0.2) is 0 Å². The Morgan fingerprint density at radius 1 is 1.39 bits per heavy atom. The predicted molar refractivity (Wildman–Crippen MR) is 72.7 cm³/mol. The van der Waals surface area contributed by atoms with Crippen LogP contribution in [0.1, 0.15) is 24.6 Å². The molecule has 0 radical (unpaired) electrons. The molecule has 0 atom stereocenters. The summed E-state index contributed by atoms with van der Waals surface area (Å²) in [6.45, 7) is 5.86. The van der Waals surface area contributed by atoms with Gasteiger partial charge in [0.2, 0.25) is 0 Å². The van der Waals surface area contributed by atoms with Gasteiger partial charge in [0.25, 0.3) is 0 Å². The molecule has 0 bridgehead atoms. The molecule has 1 heterocycles. The number of hydrogen-bond donors (Lipinski definition) is 2. The molecule has 0 fully saturated rings. The van der Waals surface area contributed by atoms with Gasteiger partial charge in [-0.3, -0.25) is 0 Å². The summed E-state index contributed by atoms with van der Waals surface area (Å²) in [6.07, 6.45) is 4.85. The van der Waals surface area contributed by atoms with Crippen LogP contribution in [0.3, 0.4) is 0 Å². The molecule has 0 aliphatic carbocycles. The third-order valence-electron chi connectivity index (χ3n) is 2.93. The highest BCUT2D eigenvalue weighted by Gasteiger charge is 2.03. The molecule has 1 aromatic heterocycles. The molecule has 0 unspecified atom stereocenters. The van der Waals surface area contributed by atoms with Crippen molar-refractivity contribution in [1.82, 2.24) is 9.55 Å². The zero-order valence-corrected chi connectivity index (χ0v) is 10.8. The average molecular weight is 245 g/mol. The highest BCUT2D eigenvalue weighted by Crippen LogP contribution is 2.20. The van der Waals surface area contributed by atoms with E-state index < -0.39 is 0 Å². The number of aromatic nitrogens is 2. The second kappa shape index (κ2) is 5.58. The van der Waals surface area contributed by atoms with Crippen LogP contribution in [0, 0.1) is 6.92 Å². The lowest BCUT2D eigenvalue weighted by Gasteiger charge is -2.11. The number of aromatic hydroxyl groups is 1. The van der Waals surface area contributed by atoms with E-state index >= 15 is 0 Å². The lowest BCUT2D eigenvalue weighted by atomic mass is 10.2. The Hall–Kier alpha value is -1.97. The van der Waals surface area contributed by atoms with Crippen molar-refractivity contribution in [1.29, 1.82) is 0 Å². The monoisotopic (exact) mass is 245 g/mol. The molecular weight excluding hydrogens is 226 g/mol. The van der Waals surface area contributed by atoms with Gasteiger partial charge in [-0.15, -0.1) is 0 Å². The van der Waals surface area contributed by atoms with Crippen molar-refractivity contribution >= 4 is 5.69 Å². The van der Waals surface area contributed by atoms with Crippen molar-refractivity contribution in [2.75, 3.05) is 5.32 Å². The number of imidazole rings is 1. The first-order chi connectivity index (χ1) is 8.70. The van der Waals surface area contributed by atoms with Gasteiger partial charge in [-0.25, -0.2) is 4.98 Å². The second-order valence-electron chi connectivity index (χ2n) is 4.43. The molecule has 2 rings (SSSR count). The quantitative estimate of drug-likeness (QED) is 0.796. The summed E-state index contributed by atoms with van der Waals surface area (Å²) >= 11 is 0. The Kier molecular flexibility index (Phi) is 3.87. The molecule has 0 amide bonds. The van der Waals surface area contributed by atoms with Crippen molar-refractivity contribution in [3.8, 4) is 5.75 Å². The SMILES string of the molecule is CCCn1cncc1CNc1ccc(O)cc1C. The van der Waals surface area contributed by atoms with E-state index in [1.165, 1.54) is 5.69 Å². The van der Waals surface area contributed by atoms with Gasteiger partial charge >= 0.3 is 0 Å². The normalized spacial score (nSPS) is 10.6. The molecule has 2 N–H and O–H groups in total. The van der Waals surface area contributed by atoms with Crippen LogP contribution in [0.4, 0.5) is 5.69 Å². The Labute approximate surface area is 107 Å². The summed E-state index contributed by atoms with van der Waals surface area (Å²) in [5, 5.41) is 12.7. The van der Waals surface area contributed by atoms with Crippen LogP contribution >= 0.6 is 0 Å². The van der Waals surface area contributed by atoms with E-state index in [4.69, 9.17) is 0 Å². The molecule has 96 valence electrons. The summed E-state index contributed by atoms with van der Waals surface area (Å²) in [7, 11) is 0. The van der Waals surface area contributed by atoms with Crippen LogP contribution < -0.4 is 5.32 Å². The lowest BCUT2D eigenvalue weighted by molar-refractivity contribution is 0.475. The lowest BCUT2D eigenvalue weighted by Crippen LogP contribution is -2.07. The number of hydrogen-bond acceptors (Lipinski definition) is 3. The standard InChI is InChI=1S/C14H19N3O/c1-3-6-17-10-15-8-12(17)9-16-14-5-4-13(18)7-11(14)2/h4-5,7-8,10,16,18H,3,6,9H2,1-2H3. The fraction of sp³-hybridized carbons (Fsp3) is 0.357. The van der Waals surface area contributed by atoms with Gasteiger partial charge in [-0.05, 0) is 37.1 Å². The first kappa shape index (κ1) is 12.5. The van der Waals surface area contributed by atoms with E-state index in [1.807, 2.05) is 25.5 Å². The van der Waals surface area contributed by atoms with Crippen molar-refractivity contribution < 1.29 is 5.11 Å². The van der Waals surface area contributed by atoms with Crippen LogP contribution in [0.2, 0.25) is 0 Å². The minimum atomic E-state index is 0.300. The first-order valence-corrected chi connectivity index (χ1v) is 6.23. The maximum absolute atomic E-state index is 9.36. The summed E-state index contributed by atoms with van der Waals surface area (Å²) in [5.41, 5.74) is 3.25. The van der Waals surface area contributed by atoms with E-state index in [9.17, 15) is 5.11 Å². The fourth-order valence-corrected chi connectivity index (χ4v) is 1.97. The van der Waals surface area contributed by atoms with E-state index in [0.717, 1.165) is 30.8 Å². The number of phenols is 1. The maximum Gasteiger partial charge on any atom is 0.115 e. The van der Waals surface area contributed by atoms with Gasteiger partial charge in [0, 0.05) is 18.4 Å². The molecule has 0 aliphatic heterocycles. The molecule has 18 heavy (non-hydrogen) atoms. The summed E-state index contributed by atoms with van der Waals surface area (Å²) < 4.78 is 2.16. The van der Waals surface area contributed by atoms with Crippen molar-refractivity contribution in [2.24, 2.45) is 0 Å². The molecule has 0 aliphatic rings. The Balaban J connectivity index is 2.04. The fourth-order valence-electron chi connectivity index (χ4n) is 1.97. The van der Waals surface area contributed by atoms with Crippen molar-refractivity contribution in [3.63, 3.8) is 0 Å². The van der Waals surface area contributed by atoms with Gasteiger partial charge in [-0.2, -0.15) is 0 Å². The van der Waals surface area contributed by atoms with E-state index in [-0.39, 0.29) is 0 Å². The minimum absolute atomic E-state index is 0.300. The third-order valence-corrected chi connectivity index (χ3v) is 2.93. The highest BCUT2D eigenvalue weighted by molar-refractivity contribution is 5.53. The van der Waals surface area contributed by atoms with Crippen LogP contribution in [0.25, 0.3) is 0 Å². The van der Waals surface area contributed by atoms with E-state index in [1.54, 1.807) is 12.1 Å². The number of benzene rings is 1. The molecule has 1 aromatic carbocycles. The number of phenolic OH excluding ortho intramolecular Hbond substituents is 1. The van der Waals surface area contributed by atoms with Gasteiger partial charge in [-0.1, -0.05) is 6.92 Å². The predicted octanol–water partition coefficient (Wildman–Crippen LogP) is 2.92. The van der Waals surface area contributed by atoms with E-state index in [0.29, 0.717) is 5.75 Å². The second-order valence-corrected chi connectivity index (χ2v) is 4.43. The van der Waals surface area contributed by atoms with Crippen LogP contribution in [0.15, 0.2) is 30.7 Å². The highest BCUT2D eigenvalue weighted by atomic mass is 16.3. The molecule has 2 aromatic rings. The van der Waals surface area contributed by atoms with Crippen molar-refractivity contribution in [2.45, 2.75) is 33.4 Å². The molecular formula is C14H19N3O. The van der Waals surface area contributed by atoms with Gasteiger partial charge < -0.3 is 15.0 Å². The van der Waals surface area contributed by atoms with Gasteiger partial charge in [0.05, 0.1) is 18.6 Å². The molecule has 0 spiro atoms. The number of nitrogens with zero attached hydrogens (tertiary/aromatic N) is 2.